The van der Waals surface area contributed by atoms with Gasteiger partial charge in [-0.1, -0.05) is 68.5 Å². The minimum Gasteiger partial charge on any atom is -0.481 e. The standard InChI is InChI=1S/C60H66FN9O11/c1-56-18-17-41(72)21-44(56)45(61)22-42-43-20-38-26-70(32-60(38,48(74)27-71)57(43,2)24-47(73)52(42)56)40-13-7-35(8-14-40)23-58-29-59(30-58,31-58)67-55(80)81-28-36-5-11-39(12-6-36)65-54(79)46(15-16-51(77)78)66-50(76)25-62-49(75)19-34-3-9-37(10-4-34)53-68-63-33-64-69-53/h3-14,17-18,21,33,38,42-43,45-47,52,71,73H,15-16,19-20,22-32H2,1-2H3,(H,62,75)(H,65,79)(H,66,76)(H,67,80)(H,77,78)/t38-,42-,43-,45-,46-,47-,52+,56-,57-,58?,59?,60+/m0/s1. The van der Waals surface area contributed by atoms with E-state index < -0.39 is 83.9 Å². The van der Waals surface area contributed by atoms with Crippen molar-refractivity contribution in [3.05, 3.63) is 120 Å². The number of carbonyl (C=O) groups is 7. The summed E-state index contributed by atoms with van der Waals surface area (Å²) in [6, 6.07) is 20.6. The number of amides is 4. The van der Waals surface area contributed by atoms with E-state index in [2.05, 4.69) is 77.8 Å². The highest BCUT2D eigenvalue weighted by Crippen LogP contribution is 2.73. The molecule has 12 rings (SSSR count). The second kappa shape index (κ2) is 21.3. The summed E-state index contributed by atoms with van der Waals surface area (Å²) in [6.07, 6.45) is 7.10. The Balaban J connectivity index is 0.623. The number of halogens is 1. The smallest absolute Gasteiger partial charge is 0.407 e. The number of nitrogens with one attached hydrogen (secondary N) is 4. The number of alkyl carbamates (subject to hydrolysis) is 1. The molecule has 2 heterocycles. The fourth-order valence-electron chi connectivity index (χ4n) is 15.9. The Morgan fingerprint density at radius 3 is 2.27 bits per heavy atom. The average Bonchev–Trinajstić information content (AvgIpc) is 4.16. The fraction of sp³-hybridized carbons (Fsp3) is 0.483. The number of aliphatic hydroxyl groups excluding tert-OH is 2. The Kier molecular flexibility index (Phi) is 14.5. The number of allylic oxidation sites excluding steroid dienone is 4. The average molecular weight is 1110 g/mol. The van der Waals surface area contributed by atoms with E-state index in [1.165, 1.54) is 18.5 Å². The number of ketones is 2. The van der Waals surface area contributed by atoms with Crippen molar-refractivity contribution in [2.75, 3.05) is 36.5 Å². The van der Waals surface area contributed by atoms with Gasteiger partial charge in [0.15, 0.2) is 17.9 Å². The summed E-state index contributed by atoms with van der Waals surface area (Å²) in [7, 11) is 0. The van der Waals surface area contributed by atoms with Crippen molar-refractivity contribution < 1.29 is 58.0 Å². The zero-order valence-electron chi connectivity index (χ0n) is 45.1. The van der Waals surface area contributed by atoms with Gasteiger partial charge in [-0.2, -0.15) is 0 Å². The first-order chi connectivity index (χ1) is 38.7. The lowest BCUT2D eigenvalue weighted by molar-refractivity contribution is -0.160. The van der Waals surface area contributed by atoms with Crippen molar-refractivity contribution in [2.45, 2.75) is 109 Å². The Hall–Kier alpha value is -7.78. The number of aromatic nitrogens is 4. The molecule has 4 amide bonds. The maximum atomic E-state index is 16.1. The number of carboxylic acids is 1. The lowest BCUT2D eigenvalue weighted by Crippen LogP contribution is -2.75. The van der Waals surface area contributed by atoms with E-state index in [9.17, 15) is 48.9 Å². The van der Waals surface area contributed by atoms with Crippen molar-refractivity contribution in [3.63, 3.8) is 0 Å². The number of Topliss-reactive ketones (excluding diaryl/α,β-unsaturated/α-hetero) is 1. The van der Waals surface area contributed by atoms with Gasteiger partial charge in [-0.3, -0.25) is 28.8 Å². The zero-order chi connectivity index (χ0) is 57.1. The number of rotatable bonds is 19. The number of aliphatic hydroxyl groups is 2. The van der Waals surface area contributed by atoms with Crippen molar-refractivity contribution in [3.8, 4) is 11.4 Å². The molecule has 0 radical (unpaired) electrons. The number of fused-ring (bicyclic) bond motifs is 7. The van der Waals surface area contributed by atoms with Crippen LogP contribution in [0.25, 0.3) is 11.4 Å². The summed E-state index contributed by atoms with van der Waals surface area (Å²) < 4.78 is 21.7. The summed E-state index contributed by atoms with van der Waals surface area (Å²) in [5, 5.41) is 57.8. The van der Waals surface area contributed by atoms with E-state index in [0.29, 0.717) is 59.7 Å². The molecule has 4 aromatic rings. The Bertz CT molecular complexity index is 3200. The molecule has 1 saturated heterocycles. The number of anilines is 2. The molecular weight excluding hydrogens is 1040 g/mol. The largest absolute Gasteiger partial charge is 0.481 e. The van der Waals surface area contributed by atoms with Gasteiger partial charge < -0.3 is 46.2 Å². The molecule has 21 heteroatoms. The molecule has 81 heavy (non-hydrogen) atoms. The minimum absolute atomic E-state index is 0.0324. The fourth-order valence-corrected chi connectivity index (χ4v) is 15.9. The monoisotopic (exact) mass is 1110 g/mol. The van der Waals surface area contributed by atoms with Crippen LogP contribution in [-0.4, -0.2) is 127 Å². The lowest BCUT2D eigenvalue weighted by atomic mass is 9.38. The predicted octanol–water partition coefficient (Wildman–Crippen LogP) is 4.79. The van der Waals surface area contributed by atoms with E-state index in [-0.39, 0.29) is 72.1 Å². The predicted molar refractivity (Wildman–Crippen MR) is 290 cm³/mol. The van der Waals surface area contributed by atoms with Gasteiger partial charge in [0, 0.05) is 53.3 Å². The number of ether oxygens (including phenoxy) is 1. The maximum absolute atomic E-state index is 16.1. The summed E-state index contributed by atoms with van der Waals surface area (Å²) in [5.41, 5.74) is 2.25. The molecule has 0 unspecified atom stereocenters. The van der Waals surface area contributed by atoms with Gasteiger partial charge in [0.1, 0.15) is 25.4 Å². The summed E-state index contributed by atoms with van der Waals surface area (Å²) in [5.74, 6) is -3.69. The molecule has 20 nitrogen and oxygen atoms in total. The molecule has 1 aromatic heterocycles. The van der Waals surface area contributed by atoms with Crippen molar-refractivity contribution >= 4 is 52.7 Å². The van der Waals surface area contributed by atoms with E-state index >= 15 is 4.39 Å². The second-order valence-electron chi connectivity index (χ2n) is 24.3. The van der Waals surface area contributed by atoms with Crippen molar-refractivity contribution in [1.29, 1.82) is 0 Å². The van der Waals surface area contributed by atoms with E-state index in [0.717, 1.165) is 36.9 Å². The highest BCUT2D eigenvalue weighted by molar-refractivity contribution is 6.01. The van der Waals surface area contributed by atoms with Gasteiger partial charge in [-0.25, -0.2) is 9.18 Å². The minimum atomic E-state index is -1.32. The number of hydrogen-bond donors (Lipinski definition) is 7. The van der Waals surface area contributed by atoms with Crippen LogP contribution in [0.15, 0.2) is 103 Å². The number of carboxylic acid groups (broad SMARTS) is 1. The molecule has 7 N–H and O–H groups in total. The van der Waals surface area contributed by atoms with Gasteiger partial charge in [-0.05, 0) is 139 Å². The Labute approximate surface area is 466 Å². The number of carbonyl (C=O) groups excluding carboxylic acids is 6. The lowest BCUT2D eigenvalue weighted by Gasteiger charge is -2.70. The third-order valence-electron chi connectivity index (χ3n) is 19.4. The number of benzene rings is 3. The molecule has 7 fully saturated rings. The molecule has 1 aliphatic heterocycles. The molecule has 8 aliphatic rings. The highest BCUT2D eigenvalue weighted by Gasteiger charge is 2.74. The SMILES string of the molecule is C[C@]12C=CC(=O)C=C1[C@@H](F)C[C@@H]1[C@@H]2[C@@H](O)C[C@@]2(C)[C@H]1C[C@H]1CN(c3ccc(CC45CC(NC(=O)OCc6ccc(NC(=O)[C@H](CCC(=O)O)NC(=O)CNC(=O)Cc7ccc(-c8nncnn8)cc7)cc6)(C4)C5)cc3)C[C@]12C(=O)CO. The first-order valence-electron chi connectivity index (χ1n) is 27.7. The molecule has 7 aliphatic carbocycles. The first-order valence-corrected chi connectivity index (χ1v) is 27.7. The van der Waals surface area contributed by atoms with Crippen LogP contribution >= 0.6 is 0 Å². The normalized spacial score (nSPS) is 31.3. The van der Waals surface area contributed by atoms with Crippen LogP contribution in [0.5, 0.6) is 0 Å². The number of nitrogens with zero attached hydrogens (tertiary/aromatic N) is 5. The first kappa shape index (κ1) is 55.1. The third-order valence-corrected chi connectivity index (χ3v) is 19.4. The molecule has 0 spiro atoms. The Morgan fingerprint density at radius 2 is 1.58 bits per heavy atom. The molecule has 424 valence electrons. The van der Waals surface area contributed by atoms with E-state index in [1.54, 1.807) is 54.6 Å². The Morgan fingerprint density at radius 1 is 0.889 bits per heavy atom. The van der Waals surface area contributed by atoms with Crippen LogP contribution < -0.4 is 26.2 Å². The molecule has 6 saturated carbocycles. The van der Waals surface area contributed by atoms with E-state index in [4.69, 9.17) is 4.74 Å². The van der Waals surface area contributed by atoms with Crippen LogP contribution in [0.2, 0.25) is 0 Å². The topological polar surface area (TPSA) is 292 Å². The van der Waals surface area contributed by atoms with Gasteiger partial charge in [0.25, 0.3) is 0 Å². The summed E-state index contributed by atoms with van der Waals surface area (Å²) >= 11 is 0. The van der Waals surface area contributed by atoms with Gasteiger partial charge in [-0.15, -0.1) is 20.4 Å². The van der Waals surface area contributed by atoms with Crippen LogP contribution in [0.4, 0.5) is 20.6 Å². The van der Waals surface area contributed by atoms with E-state index in [1.807, 2.05) is 6.92 Å². The molecule has 3 aromatic carbocycles. The van der Waals surface area contributed by atoms with Crippen LogP contribution in [0, 0.1) is 45.3 Å². The molecular formula is C60H66FN9O11. The summed E-state index contributed by atoms with van der Waals surface area (Å²) in [4.78, 5) is 91.9. The van der Waals surface area contributed by atoms with Crippen LogP contribution in [0.3, 0.4) is 0 Å². The van der Waals surface area contributed by atoms with Crippen LogP contribution in [-0.2, 0) is 53.0 Å². The van der Waals surface area contributed by atoms with Gasteiger partial charge >= 0.3 is 12.1 Å². The third kappa shape index (κ3) is 10.3. The number of aliphatic carboxylic acids is 1. The summed E-state index contributed by atoms with van der Waals surface area (Å²) in [6.45, 7) is 3.94. The number of hydrogen-bond acceptors (Lipinski definition) is 15. The maximum Gasteiger partial charge on any atom is 0.407 e. The second-order valence-corrected chi connectivity index (χ2v) is 24.3. The zero-order valence-corrected chi connectivity index (χ0v) is 45.1. The molecule has 10 atom stereocenters. The van der Waals surface area contributed by atoms with Crippen LogP contribution in [0.1, 0.15) is 81.9 Å². The molecule has 2 bridgehead atoms. The van der Waals surface area contributed by atoms with Gasteiger partial charge in [0.05, 0.1) is 24.5 Å². The number of alkyl halides is 1. The quantitative estimate of drug-likeness (QED) is 0.0664. The highest BCUT2D eigenvalue weighted by atomic mass is 19.1. The van der Waals surface area contributed by atoms with Crippen molar-refractivity contribution in [1.82, 2.24) is 36.3 Å². The van der Waals surface area contributed by atoms with Gasteiger partial charge in [0.2, 0.25) is 23.5 Å². The van der Waals surface area contributed by atoms with Crippen molar-refractivity contribution in [2.24, 2.45) is 45.3 Å².